The molecule has 1 aromatic rings. The quantitative estimate of drug-likeness (QED) is 0.726. The van der Waals surface area contributed by atoms with E-state index in [0.717, 1.165) is 36.8 Å². The van der Waals surface area contributed by atoms with Crippen molar-refractivity contribution in [3.63, 3.8) is 0 Å². The van der Waals surface area contributed by atoms with Crippen molar-refractivity contribution >= 4 is 27.5 Å². The molecule has 1 unspecified atom stereocenters. The number of benzene rings is 1. The second-order valence-corrected chi connectivity index (χ2v) is 11.7. The number of sulfonamides is 1. The van der Waals surface area contributed by atoms with Gasteiger partial charge in [-0.1, -0.05) is 44.2 Å². The average molecular weight is 464 g/mol. The number of carbonyl (C=O) groups is 2. The Balaban J connectivity index is 1.99. The number of nitrogens with zero attached hydrogens (tertiary/aromatic N) is 2. The number of anilines is 1. The fourth-order valence-corrected chi connectivity index (χ4v) is 5.96. The van der Waals surface area contributed by atoms with Crippen LogP contribution in [0.5, 0.6) is 0 Å². The predicted molar refractivity (Wildman–Crippen MR) is 127 cm³/mol. The second kappa shape index (κ2) is 9.91. The third kappa shape index (κ3) is 5.01. The van der Waals surface area contributed by atoms with Crippen molar-refractivity contribution in [1.29, 1.82) is 0 Å². The summed E-state index contributed by atoms with van der Waals surface area (Å²) in [4.78, 5) is 28.7. The summed E-state index contributed by atoms with van der Waals surface area (Å²) < 4.78 is 26.5. The van der Waals surface area contributed by atoms with Crippen LogP contribution in [0.25, 0.3) is 0 Å². The van der Waals surface area contributed by atoms with Gasteiger partial charge in [-0.25, -0.2) is 8.42 Å². The van der Waals surface area contributed by atoms with Crippen LogP contribution in [0.2, 0.25) is 0 Å². The van der Waals surface area contributed by atoms with Crippen molar-refractivity contribution in [2.75, 3.05) is 23.7 Å². The average Bonchev–Trinajstić information content (AvgIpc) is 2.72. The van der Waals surface area contributed by atoms with E-state index in [1.807, 2.05) is 32.0 Å². The molecule has 0 spiro atoms. The van der Waals surface area contributed by atoms with Gasteiger partial charge in [-0.2, -0.15) is 4.31 Å². The van der Waals surface area contributed by atoms with E-state index >= 15 is 0 Å². The number of nitrogens with one attached hydrogen (secondary N) is 1. The van der Waals surface area contributed by atoms with Gasteiger partial charge in [0.15, 0.2) is 0 Å². The number of piperazine rings is 1. The fraction of sp³-hybridized carbons (Fsp3) is 0.667. The summed E-state index contributed by atoms with van der Waals surface area (Å²) in [7, 11) is -3.62. The van der Waals surface area contributed by atoms with E-state index in [2.05, 4.69) is 5.32 Å². The summed E-state index contributed by atoms with van der Waals surface area (Å²) in [6.07, 6.45) is 7.53. The molecule has 7 nitrogen and oxygen atoms in total. The Morgan fingerprint density at radius 3 is 2.38 bits per heavy atom. The maximum atomic E-state index is 13.7. The molecule has 8 heteroatoms. The maximum absolute atomic E-state index is 13.7. The Hall–Kier alpha value is -1.93. The Morgan fingerprint density at radius 2 is 1.75 bits per heavy atom. The van der Waals surface area contributed by atoms with Crippen molar-refractivity contribution < 1.29 is 18.0 Å². The lowest BCUT2D eigenvalue weighted by Gasteiger charge is -2.47. The molecule has 2 aliphatic rings. The highest BCUT2D eigenvalue weighted by Gasteiger charge is 2.51. The zero-order valence-electron chi connectivity index (χ0n) is 19.8. The van der Waals surface area contributed by atoms with Crippen molar-refractivity contribution in [1.82, 2.24) is 9.62 Å². The second-order valence-electron chi connectivity index (χ2n) is 9.41. The van der Waals surface area contributed by atoms with Crippen LogP contribution in [0, 0.1) is 13.8 Å². The third-order valence-electron chi connectivity index (χ3n) is 7.04. The van der Waals surface area contributed by atoms with Crippen molar-refractivity contribution in [3.8, 4) is 0 Å². The topological polar surface area (TPSA) is 86.8 Å². The number of amides is 2. The molecule has 0 radical (unpaired) electrons. The molecule has 1 atom stereocenters. The van der Waals surface area contributed by atoms with Gasteiger partial charge in [0.2, 0.25) is 21.8 Å². The van der Waals surface area contributed by atoms with Crippen LogP contribution >= 0.6 is 0 Å². The van der Waals surface area contributed by atoms with Crippen LogP contribution in [-0.2, 0) is 19.6 Å². The van der Waals surface area contributed by atoms with Gasteiger partial charge in [0.05, 0.1) is 12.3 Å². The van der Waals surface area contributed by atoms with Gasteiger partial charge in [-0.15, -0.1) is 0 Å². The minimum Gasteiger partial charge on any atom is -0.351 e. The molecule has 178 valence electrons. The zero-order valence-corrected chi connectivity index (χ0v) is 20.6. The molecule has 1 saturated carbocycles. The van der Waals surface area contributed by atoms with Crippen LogP contribution in [0.1, 0.15) is 69.9 Å². The smallest absolute Gasteiger partial charge is 0.247 e. The van der Waals surface area contributed by atoms with E-state index in [9.17, 15) is 18.0 Å². The highest BCUT2D eigenvalue weighted by molar-refractivity contribution is 7.89. The first-order chi connectivity index (χ1) is 15.1. The van der Waals surface area contributed by atoms with Crippen LogP contribution in [0.15, 0.2) is 18.2 Å². The molecular weight excluding hydrogens is 426 g/mol. The van der Waals surface area contributed by atoms with Gasteiger partial charge in [0.1, 0.15) is 5.54 Å². The highest BCUT2D eigenvalue weighted by Crippen LogP contribution is 2.34. The first-order valence-corrected chi connectivity index (χ1v) is 13.4. The molecule has 32 heavy (non-hydrogen) atoms. The summed E-state index contributed by atoms with van der Waals surface area (Å²) in [5, 5.41) is 3.19. The van der Waals surface area contributed by atoms with E-state index in [-0.39, 0.29) is 36.7 Å². The predicted octanol–water partition coefficient (Wildman–Crippen LogP) is 3.29. The fourth-order valence-electron chi connectivity index (χ4n) is 4.84. The lowest BCUT2D eigenvalue weighted by atomic mass is 9.91. The van der Waals surface area contributed by atoms with Gasteiger partial charge >= 0.3 is 0 Å². The van der Waals surface area contributed by atoms with Gasteiger partial charge in [0, 0.05) is 18.3 Å². The molecule has 2 amide bonds. The molecule has 2 fully saturated rings. The number of aryl methyl sites for hydroxylation is 1. The van der Waals surface area contributed by atoms with Crippen LogP contribution in [0.4, 0.5) is 5.69 Å². The molecule has 1 N–H and O–H groups in total. The molecule has 1 saturated heterocycles. The minimum absolute atomic E-state index is 0.0494. The van der Waals surface area contributed by atoms with Crippen molar-refractivity contribution in [2.24, 2.45) is 0 Å². The normalized spacial score (nSPS) is 24.1. The molecule has 1 heterocycles. The van der Waals surface area contributed by atoms with Crippen LogP contribution < -0.4 is 10.2 Å². The summed E-state index contributed by atoms with van der Waals surface area (Å²) in [6, 6.07) is 5.72. The number of hydrogen-bond donors (Lipinski definition) is 1. The molecule has 1 aliphatic heterocycles. The SMILES string of the molecule is CCS(=O)(=O)N1CC(=O)N(c2cccc(C)c2C)C(C)(C(=O)NC2CCCCCCC2)C1. The Bertz CT molecular complexity index is 954. The lowest BCUT2D eigenvalue weighted by Crippen LogP contribution is -2.71. The zero-order chi connectivity index (χ0) is 23.5. The van der Waals surface area contributed by atoms with Gasteiger partial charge in [-0.3, -0.25) is 14.5 Å². The van der Waals surface area contributed by atoms with E-state index < -0.39 is 15.6 Å². The van der Waals surface area contributed by atoms with E-state index in [1.54, 1.807) is 13.8 Å². The maximum Gasteiger partial charge on any atom is 0.247 e. The standard InChI is InChI=1S/C24H37N3O4S/c1-5-32(30,31)26-16-22(28)27(21-15-11-12-18(2)19(21)3)24(4,17-26)23(29)25-20-13-9-7-6-8-10-14-20/h11-12,15,20H,5-10,13-14,16-17H2,1-4H3,(H,25,29). The van der Waals surface area contributed by atoms with Gasteiger partial charge in [-0.05, 0) is 57.7 Å². The summed E-state index contributed by atoms with van der Waals surface area (Å²) in [5.74, 6) is -0.769. The molecule has 0 aromatic heterocycles. The lowest BCUT2D eigenvalue weighted by molar-refractivity contribution is -0.133. The largest absolute Gasteiger partial charge is 0.351 e. The Morgan fingerprint density at radius 1 is 1.12 bits per heavy atom. The molecular formula is C24H37N3O4S. The molecule has 1 aliphatic carbocycles. The Labute approximate surface area is 192 Å². The van der Waals surface area contributed by atoms with E-state index in [4.69, 9.17) is 0 Å². The van der Waals surface area contributed by atoms with Crippen molar-refractivity contribution in [3.05, 3.63) is 29.3 Å². The molecule has 0 bridgehead atoms. The van der Waals surface area contributed by atoms with E-state index in [0.29, 0.717) is 5.69 Å². The van der Waals surface area contributed by atoms with Crippen molar-refractivity contribution in [2.45, 2.75) is 84.2 Å². The molecule has 1 aromatic carbocycles. The Kier molecular flexibility index (Phi) is 7.65. The minimum atomic E-state index is -3.62. The summed E-state index contributed by atoms with van der Waals surface area (Å²) in [6.45, 7) is 6.84. The highest BCUT2D eigenvalue weighted by atomic mass is 32.2. The van der Waals surface area contributed by atoms with Gasteiger partial charge in [0.25, 0.3) is 0 Å². The summed E-state index contributed by atoms with van der Waals surface area (Å²) >= 11 is 0. The third-order valence-corrected chi connectivity index (χ3v) is 8.82. The van der Waals surface area contributed by atoms with Gasteiger partial charge < -0.3 is 5.32 Å². The number of rotatable bonds is 5. The monoisotopic (exact) mass is 463 g/mol. The first kappa shape index (κ1) is 24.7. The van der Waals surface area contributed by atoms with Crippen LogP contribution in [-0.4, -0.2) is 55.0 Å². The number of hydrogen-bond acceptors (Lipinski definition) is 4. The van der Waals surface area contributed by atoms with Crippen LogP contribution in [0.3, 0.4) is 0 Å². The molecule has 3 rings (SSSR count). The van der Waals surface area contributed by atoms with E-state index in [1.165, 1.54) is 28.5 Å². The summed E-state index contributed by atoms with van der Waals surface area (Å²) in [5.41, 5.74) is 1.26. The number of carbonyl (C=O) groups excluding carboxylic acids is 2. The first-order valence-electron chi connectivity index (χ1n) is 11.8.